The Hall–Kier alpha value is -3.79. The second-order valence-electron chi connectivity index (χ2n) is 7.03. The molecule has 2 aromatic rings. The minimum Gasteiger partial charge on any atom is -0.493 e. The molecule has 1 aliphatic heterocycles. The molecule has 0 saturated carbocycles. The topological polar surface area (TPSA) is 102 Å². The van der Waals surface area contributed by atoms with Crippen molar-refractivity contribution in [3.63, 3.8) is 0 Å². The molecule has 0 radical (unpaired) electrons. The van der Waals surface area contributed by atoms with Gasteiger partial charge in [0.25, 0.3) is 17.5 Å². The van der Waals surface area contributed by atoms with Crippen LogP contribution in [0.1, 0.15) is 25.0 Å². The highest BCUT2D eigenvalue weighted by Crippen LogP contribution is 2.37. The van der Waals surface area contributed by atoms with Crippen LogP contribution in [-0.2, 0) is 16.2 Å². The summed E-state index contributed by atoms with van der Waals surface area (Å²) in [6, 6.07) is 11.9. The van der Waals surface area contributed by atoms with Crippen LogP contribution in [-0.4, -0.2) is 51.8 Å². The molecule has 10 heteroatoms. The number of benzene rings is 2. The van der Waals surface area contributed by atoms with Crippen LogP contribution in [0.15, 0.2) is 48.0 Å². The summed E-state index contributed by atoms with van der Waals surface area (Å²) < 4.78 is 11.1. The van der Waals surface area contributed by atoms with Crippen molar-refractivity contribution in [2.45, 2.75) is 20.5 Å². The van der Waals surface area contributed by atoms with Gasteiger partial charge in [0.2, 0.25) is 0 Å². The Morgan fingerprint density at radius 3 is 2.15 bits per heavy atom. The summed E-state index contributed by atoms with van der Waals surface area (Å²) in [5.74, 6) is -0.804. The summed E-state index contributed by atoms with van der Waals surface area (Å²) in [7, 11) is 1.40. The highest BCUT2D eigenvalue weighted by atomic mass is 32.1. The summed E-state index contributed by atoms with van der Waals surface area (Å²) in [5, 5.41) is 11.9. The molecule has 1 fully saturated rings. The molecule has 2 amide bonds. The van der Waals surface area contributed by atoms with Gasteiger partial charge in [0.1, 0.15) is 12.2 Å². The van der Waals surface area contributed by atoms with Gasteiger partial charge in [-0.05, 0) is 43.8 Å². The number of hydrogen-bond acceptors (Lipinski definition) is 7. The normalized spacial score (nSPS) is 13.9. The van der Waals surface area contributed by atoms with Gasteiger partial charge in [-0.1, -0.05) is 30.3 Å². The standard InChI is InChI=1S/C23H23N3O6S/c1-4-24-21(27)17(22(28)25(5-2)23(24)33)11-16-12-19(31-3)20(13-18(16)26(29)30)32-14-15-9-7-6-8-10-15/h6-13H,4-5,14H2,1-3H3. The van der Waals surface area contributed by atoms with E-state index < -0.39 is 16.7 Å². The Morgan fingerprint density at radius 1 is 1.03 bits per heavy atom. The van der Waals surface area contributed by atoms with Crippen molar-refractivity contribution in [2.24, 2.45) is 0 Å². The molecule has 172 valence electrons. The van der Waals surface area contributed by atoms with E-state index in [1.54, 1.807) is 13.8 Å². The molecule has 0 aromatic heterocycles. The number of carbonyl (C=O) groups is 2. The third-order valence-corrected chi connectivity index (χ3v) is 5.53. The maximum atomic E-state index is 12.9. The Kier molecular flexibility index (Phi) is 7.39. The molecule has 0 atom stereocenters. The van der Waals surface area contributed by atoms with Crippen LogP contribution >= 0.6 is 12.2 Å². The molecule has 1 saturated heterocycles. The number of thiocarbonyl (C=S) groups is 1. The predicted octanol–water partition coefficient (Wildman–Crippen LogP) is 3.56. The van der Waals surface area contributed by atoms with Gasteiger partial charge in [0, 0.05) is 13.1 Å². The van der Waals surface area contributed by atoms with Crippen molar-refractivity contribution < 1.29 is 24.0 Å². The molecule has 1 heterocycles. The van der Waals surface area contributed by atoms with Gasteiger partial charge in [-0.3, -0.25) is 29.5 Å². The third-order valence-electron chi connectivity index (χ3n) is 5.09. The molecule has 1 aliphatic rings. The molecule has 0 aliphatic carbocycles. The third kappa shape index (κ3) is 4.85. The van der Waals surface area contributed by atoms with Crippen LogP contribution in [0.3, 0.4) is 0 Å². The number of nitro benzene ring substituents is 1. The molecule has 3 rings (SSSR count). The Bertz CT molecular complexity index is 1100. The molecule has 33 heavy (non-hydrogen) atoms. The first-order valence-corrected chi connectivity index (χ1v) is 10.7. The summed E-state index contributed by atoms with van der Waals surface area (Å²) in [6.07, 6.45) is 1.21. The van der Waals surface area contributed by atoms with Crippen molar-refractivity contribution in [3.8, 4) is 11.5 Å². The van der Waals surface area contributed by atoms with Crippen LogP contribution in [0.5, 0.6) is 11.5 Å². The van der Waals surface area contributed by atoms with E-state index in [0.717, 1.165) is 5.56 Å². The monoisotopic (exact) mass is 469 g/mol. The van der Waals surface area contributed by atoms with E-state index in [0.29, 0.717) is 0 Å². The number of nitro groups is 1. The first-order chi connectivity index (χ1) is 15.8. The first kappa shape index (κ1) is 23.9. The van der Waals surface area contributed by atoms with Crippen LogP contribution < -0.4 is 9.47 Å². The number of amides is 2. The van der Waals surface area contributed by atoms with E-state index in [-0.39, 0.29) is 53.1 Å². The van der Waals surface area contributed by atoms with Crippen molar-refractivity contribution in [1.29, 1.82) is 0 Å². The van der Waals surface area contributed by atoms with Gasteiger partial charge in [-0.2, -0.15) is 0 Å². The summed E-state index contributed by atoms with van der Waals surface area (Å²) in [5.41, 5.74) is 0.379. The summed E-state index contributed by atoms with van der Waals surface area (Å²) >= 11 is 5.25. The molecule has 2 aromatic carbocycles. The first-order valence-electron chi connectivity index (χ1n) is 10.2. The van der Waals surface area contributed by atoms with Crippen molar-refractivity contribution in [1.82, 2.24) is 9.80 Å². The predicted molar refractivity (Wildman–Crippen MR) is 126 cm³/mol. The fraction of sp³-hybridized carbons (Fsp3) is 0.261. The second-order valence-corrected chi connectivity index (χ2v) is 7.40. The van der Waals surface area contributed by atoms with Gasteiger partial charge < -0.3 is 9.47 Å². The summed E-state index contributed by atoms with van der Waals surface area (Å²) in [4.78, 5) is 39.6. The minimum atomic E-state index is -0.602. The Morgan fingerprint density at radius 2 is 1.64 bits per heavy atom. The lowest BCUT2D eigenvalue weighted by Gasteiger charge is -2.35. The van der Waals surface area contributed by atoms with Crippen LogP contribution in [0, 0.1) is 10.1 Å². The van der Waals surface area contributed by atoms with Crippen LogP contribution in [0.2, 0.25) is 0 Å². The van der Waals surface area contributed by atoms with Gasteiger partial charge in [-0.15, -0.1) is 0 Å². The van der Waals surface area contributed by atoms with E-state index in [4.69, 9.17) is 21.7 Å². The maximum absolute atomic E-state index is 12.9. The molecule has 0 spiro atoms. The molecule has 0 bridgehead atoms. The van der Waals surface area contributed by atoms with Crippen LogP contribution in [0.4, 0.5) is 5.69 Å². The highest BCUT2D eigenvalue weighted by Gasteiger charge is 2.38. The Labute approximate surface area is 196 Å². The number of nitrogens with zero attached hydrogens (tertiary/aromatic N) is 3. The van der Waals surface area contributed by atoms with E-state index >= 15 is 0 Å². The second kappa shape index (κ2) is 10.2. The lowest BCUT2D eigenvalue weighted by atomic mass is 10.0. The number of carbonyl (C=O) groups excluding carboxylic acids is 2. The maximum Gasteiger partial charge on any atom is 0.280 e. The zero-order valence-corrected chi connectivity index (χ0v) is 19.3. The molecule has 0 N–H and O–H groups in total. The Balaban J connectivity index is 2.05. The van der Waals surface area contributed by atoms with Gasteiger partial charge >= 0.3 is 0 Å². The largest absolute Gasteiger partial charge is 0.493 e. The van der Waals surface area contributed by atoms with E-state index in [2.05, 4.69) is 0 Å². The zero-order valence-electron chi connectivity index (χ0n) is 18.4. The van der Waals surface area contributed by atoms with Gasteiger partial charge in [0.05, 0.1) is 23.7 Å². The molecular formula is C23H23N3O6S. The van der Waals surface area contributed by atoms with E-state index in [9.17, 15) is 19.7 Å². The summed E-state index contributed by atoms with van der Waals surface area (Å²) in [6.45, 7) is 4.17. The highest BCUT2D eigenvalue weighted by molar-refractivity contribution is 7.80. The number of methoxy groups -OCH3 is 1. The smallest absolute Gasteiger partial charge is 0.280 e. The average Bonchev–Trinajstić information content (AvgIpc) is 2.81. The molecular weight excluding hydrogens is 446 g/mol. The zero-order chi connectivity index (χ0) is 24.1. The quantitative estimate of drug-likeness (QED) is 0.191. The lowest BCUT2D eigenvalue weighted by Crippen LogP contribution is -2.55. The number of hydrogen-bond donors (Lipinski definition) is 0. The van der Waals surface area contributed by atoms with Gasteiger partial charge in [0.15, 0.2) is 16.6 Å². The number of ether oxygens (including phenoxy) is 2. The van der Waals surface area contributed by atoms with E-state index in [1.807, 2.05) is 30.3 Å². The fourth-order valence-electron chi connectivity index (χ4n) is 3.38. The van der Waals surface area contributed by atoms with Crippen molar-refractivity contribution in [2.75, 3.05) is 20.2 Å². The number of rotatable bonds is 8. The molecule has 9 nitrogen and oxygen atoms in total. The van der Waals surface area contributed by atoms with Crippen molar-refractivity contribution in [3.05, 3.63) is 69.3 Å². The lowest BCUT2D eigenvalue weighted by molar-refractivity contribution is -0.385. The van der Waals surface area contributed by atoms with E-state index in [1.165, 1.54) is 35.1 Å². The molecule has 0 unspecified atom stereocenters. The van der Waals surface area contributed by atoms with Gasteiger partial charge in [-0.25, -0.2) is 0 Å². The van der Waals surface area contributed by atoms with Crippen molar-refractivity contribution >= 4 is 40.9 Å². The fourth-order valence-corrected chi connectivity index (χ4v) is 3.81. The minimum absolute atomic E-state index is 0.0422. The average molecular weight is 470 g/mol. The van der Waals surface area contributed by atoms with Crippen LogP contribution in [0.25, 0.3) is 6.08 Å². The number of likely N-dealkylation sites (N-methyl/N-ethyl adjacent to an activating group) is 2. The SMILES string of the molecule is CCN1C(=O)C(=Cc2cc(OC)c(OCc3ccccc3)cc2[N+](=O)[O-])C(=O)N(CC)C1=S.